The number of carboxylic acids is 1. The van der Waals surface area contributed by atoms with Gasteiger partial charge in [0.25, 0.3) is 0 Å². The van der Waals surface area contributed by atoms with Gasteiger partial charge in [0.2, 0.25) is 17.7 Å². The SMILES string of the molecule is CCCCCCCCCCCC(=O)NCCCCCCNC(=O)C(CCC(=O)O)NC(=O)C(CCCN)NC(C)C. The van der Waals surface area contributed by atoms with Gasteiger partial charge in [-0.15, -0.1) is 0 Å². The maximum absolute atomic E-state index is 12.8. The van der Waals surface area contributed by atoms with Crippen LogP contribution in [0.5, 0.6) is 0 Å². The van der Waals surface area contributed by atoms with Crippen molar-refractivity contribution in [1.82, 2.24) is 21.3 Å². The maximum atomic E-state index is 12.8. The average molecular weight is 584 g/mol. The molecule has 2 atom stereocenters. The molecule has 0 aromatic heterocycles. The Morgan fingerprint density at radius 3 is 1.78 bits per heavy atom. The van der Waals surface area contributed by atoms with E-state index in [9.17, 15) is 19.2 Å². The van der Waals surface area contributed by atoms with Crippen molar-refractivity contribution in [2.75, 3.05) is 19.6 Å². The minimum Gasteiger partial charge on any atom is -0.481 e. The molecule has 41 heavy (non-hydrogen) atoms. The third-order valence-corrected chi connectivity index (χ3v) is 7.06. The predicted molar refractivity (Wildman–Crippen MR) is 165 cm³/mol. The predicted octanol–water partition coefficient (Wildman–Crippen LogP) is 4.16. The molecule has 0 aliphatic carbocycles. The number of carbonyl (C=O) groups is 4. The fraction of sp³-hybridized carbons (Fsp3) is 0.871. The lowest BCUT2D eigenvalue weighted by atomic mass is 10.1. The van der Waals surface area contributed by atoms with Crippen molar-refractivity contribution in [2.45, 2.75) is 154 Å². The molecule has 10 nitrogen and oxygen atoms in total. The molecule has 0 aliphatic rings. The molecule has 0 aromatic rings. The van der Waals surface area contributed by atoms with E-state index in [1.54, 1.807) is 0 Å². The van der Waals surface area contributed by atoms with Crippen LogP contribution in [0.3, 0.4) is 0 Å². The summed E-state index contributed by atoms with van der Waals surface area (Å²) in [7, 11) is 0. The van der Waals surface area contributed by atoms with Crippen molar-refractivity contribution < 1.29 is 24.3 Å². The minimum absolute atomic E-state index is 0.0247. The molecular formula is C31H61N5O5. The summed E-state index contributed by atoms with van der Waals surface area (Å²) in [5.41, 5.74) is 5.59. The van der Waals surface area contributed by atoms with Crippen LogP contribution in [0.25, 0.3) is 0 Å². The van der Waals surface area contributed by atoms with Crippen LogP contribution in [0.4, 0.5) is 0 Å². The van der Waals surface area contributed by atoms with Gasteiger partial charge < -0.3 is 32.1 Å². The molecule has 7 N–H and O–H groups in total. The van der Waals surface area contributed by atoms with E-state index in [0.717, 1.165) is 38.5 Å². The van der Waals surface area contributed by atoms with E-state index in [0.29, 0.717) is 38.9 Å². The number of hydrogen-bond acceptors (Lipinski definition) is 6. The van der Waals surface area contributed by atoms with E-state index in [1.165, 1.54) is 44.9 Å². The summed E-state index contributed by atoms with van der Waals surface area (Å²) >= 11 is 0. The van der Waals surface area contributed by atoms with Gasteiger partial charge in [0.05, 0.1) is 6.04 Å². The van der Waals surface area contributed by atoms with E-state index < -0.39 is 18.1 Å². The minimum atomic E-state index is -1.02. The van der Waals surface area contributed by atoms with Crippen LogP contribution in [0.15, 0.2) is 0 Å². The lowest BCUT2D eigenvalue weighted by Gasteiger charge is -2.24. The highest BCUT2D eigenvalue weighted by Crippen LogP contribution is 2.10. The van der Waals surface area contributed by atoms with Gasteiger partial charge in [0, 0.05) is 32.0 Å². The summed E-state index contributed by atoms with van der Waals surface area (Å²) in [5, 5.41) is 20.8. The maximum Gasteiger partial charge on any atom is 0.303 e. The number of amides is 3. The normalized spacial score (nSPS) is 12.6. The monoisotopic (exact) mass is 583 g/mol. The summed E-state index contributed by atoms with van der Waals surface area (Å²) in [6.07, 6.45) is 16.3. The van der Waals surface area contributed by atoms with Gasteiger partial charge in [-0.25, -0.2) is 0 Å². The number of unbranched alkanes of at least 4 members (excludes halogenated alkanes) is 11. The van der Waals surface area contributed by atoms with Crippen LogP contribution in [-0.4, -0.2) is 66.6 Å². The quantitative estimate of drug-likeness (QED) is 0.0754. The van der Waals surface area contributed by atoms with Crippen molar-refractivity contribution in [3.63, 3.8) is 0 Å². The van der Waals surface area contributed by atoms with Crippen molar-refractivity contribution in [2.24, 2.45) is 5.73 Å². The van der Waals surface area contributed by atoms with Crippen LogP contribution in [0.1, 0.15) is 136 Å². The standard InChI is InChI=1S/C31H61N5O5/c1-4-5-6-7-8-9-10-11-14-19-28(37)33-23-15-12-13-16-24-34-30(40)27(20-21-29(38)39)36-31(41)26(18-17-22-32)35-25(2)3/h25-27,35H,4-24,32H2,1-3H3,(H,33,37)(H,34,40)(H,36,41)(H,38,39). The Labute approximate surface area is 249 Å². The van der Waals surface area contributed by atoms with Crippen molar-refractivity contribution in [1.29, 1.82) is 0 Å². The fourth-order valence-electron chi connectivity index (χ4n) is 4.67. The number of hydrogen-bond donors (Lipinski definition) is 6. The lowest BCUT2D eigenvalue weighted by molar-refractivity contribution is -0.138. The third-order valence-electron chi connectivity index (χ3n) is 7.06. The van der Waals surface area contributed by atoms with Crippen LogP contribution < -0.4 is 27.0 Å². The van der Waals surface area contributed by atoms with Gasteiger partial charge in [0.15, 0.2) is 0 Å². The van der Waals surface area contributed by atoms with Crippen molar-refractivity contribution >= 4 is 23.7 Å². The van der Waals surface area contributed by atoms with E-state index in [-0.39, 0.29) is 36.6 Å². The zero-order valence-electron chi connectivity index (χ0n) is 26.2. The number of nitrogens with two attached hydrogens (primary N) is 1. The van der Waals surface area contributed by atoms with E-state index in [1.807, 2.05) is 13.8 Å². The topological polar surface area (TPSA) is 163 Å². The molecule has 2 unspecified atom stereocenters. The molecule has 0 spiro atoms. The summed E-state index contributed by atoms with van der Waals surface area (Å²) in [4.78, 5) is 48.7. The van der Waals surface area contributed by atoms with Gasteiger partial charge in [-0.2, -0.15) is 0 Å². The van der Waals surface area contributed by atoms with Gasteiger partial charge in [-0.3, -0.25) is 19.2 Å². The lowest BCUT2D eigenvalue weighted by Crippen LogP contribution is -2.54. The first-order valence-electron chi connectivity index (χ1n) is 16.2. The summed E-state index contributed by atoms with van der Waals surface area (Å²) < 4.78 is 0. The molecule has 0 rings (SSSR count). The second-order valence-corrected chi connectivity index (χ2v) is 11.4. The highest BCUT2D eigenvalue weighted by atomic mass is 16.4. The van der Waals surface area contributed by atoms with E-state index in [2.05, 4.69) is 28.2 Å². The Hall–Kier alpha value is -2.20. The molecule has 0 heterocycles. The van der Waals surface area contributed by atoms with Crippen LogP contribution in [0, 0.1) is 0 Å². The van der Waals surface area contributed by atoms with Crippen LogP contribution in [-0.2, 0) is 19.2 Å². The van der Waals surface area contributed by atoms with Gasteiger partial charge in [0.1, 0.15) is 6.04 Å². The van der Waals surface area contributed by atoms with Gasteiger partial charge >= 0.3 is 5.97 Å². The van der Waals surface area contributed by atoms with Gasteiger partial charge in [-0.1, -0.05) is 85.0 Å². The Balaban J connectivity index is 4.14. The largest absolute Gasteiger partial charge is 0.481 e. The van der Waals surface area contributed by atoms with Crippen molar-refractivity contribution in [3.8, 4) is 0 Å². The molecule has 3 amide bonds. The fourth-order valence-corrected chi connectivity index (χ4v) is 4.67. The first-order valence-corrected chi connectivity index (χ1v) is 16.2. The first kappa shape index (κ1) is 38.8. The molecule has 0 fully saturated rings. The molecule has 0 bridgehead atoms. The van der Waals surface area contributed by atoms with Crippen molar-refractivity contribution in [3.05, 3.63) is 0 Å². The summed E-state index contributed by atoms with van der Waals surface area (Å²) in [5.74, 6) is -1.58. The molecule has 0 aliphatic heterocycles. The smallest absolute Gasteiger partial charge is 0.303 e. The molecule has 0 aromatic carbocycles. The Morgan fingerprint density at radius 1 is 0.659 bits per heavy atom. The molecule has 0 radical (unpaired) electrons. The summed E-state index contributed by atoms with van der Waals surface area (Å²) in [6, 6.07) is -1.33. The Bertz CT molecular complexity index is 704. The highest BCUT2D eigenvalue weighted by molar-refractivity contribution is 5.90. The molecule has 0 saturated heterocycles. The van der Waals surface area contributed by atoms with Crippen LogP contribution in [0.2, 0.25) is 0 Å². The number of nitrogens with one attached hydrogen (secondary N) is 4. The highest BCUT2D eigenvalue weighted by Gasteiger charge is 2.26. The number of aliphatic carboxylic acids is 1. The summed E-state index contributed by atoms with van der Waals surface area (Å²) in [6.45, 7) is 7.67. The number of rotatable bonds is 28. The van der Waals surface area contributed by atoms with E-state index >= 15 is 0 Å². The second kappa shape index (κ2) is 26.7. The Kier molecular flexibility index (Phi) is 25.3. The molecule has 240 valence electrons. The van der Waals surface area contributed by atoms with E-state index in [4.69, 9.17) is 10.8 Å². The average Bonchev–Trinajstić information content (AvgIpc) is 2.93. The van der Waals surface area contributed by atoms with Crippen LogP contribution >= 0.6 is 0 Å². The molecular weight excluding hydrogens is 522 g/mol. The molecule has 10 heteroatoms. The Morgan fingerprint density at radius 2 is 1.22 bits per heavy atom. The number of carboxylic acid groups (broad SMARTS) is 1. The zero-order valence-corrected chi connectivity index (χ0v) is 26.2. The zero-order chi connectivity index (χ0) is 30.7. The second-order valence-electron chi connectivity index (χ2n) is 11.4. The van der Waals surface area contributed by atoms with Gasteiger partial charge in [-0.05, 0) is 45.1 Å². The molecule has 0 saturated carbocycles. The number of carbonyl (C=O) groups excluding carboxylic acids is 3. The first-order chi connectivity index (χ1) is 19.7. The third kappa shape index (κ3) is 24.1.